The fraction of sp³-hybridized carbons (Fsp3) is 0.462. The van der Waals surface area contributed by atoms with E-state index >= 15 is 0 Å². The summed E-state index contributed by atoms with van der Waals surface area (Å²) in [6.07, 6.45) is 4.83. The van der Waals surface area contributed by atoms with Gasteiger partial charge in [-0.3, -0.25) is 4.98 Å². The van der Waals surface area contributed by atoms with Gasteiger partial charge in [-0.25, -0.2) is 0 Å². The lowest BCUT2D eigenvalue weighted by molar-refractivity contribution is 0.152. The summed E-state index contributed by atoms with van der Waals surface area (Å²) in [7, 11) is 0. The first-order valence-electron chi connectivity index (χ1n) is 6.12. The highest BCUT2D eigenvalue weighted by molar-refractivity contribution is 9.11. The van der Waals surface area contributed by atoms with Crippen LogP contribution in [0.3, 0.4) is 0 Å². The van der Waals surface area contributed by atoms with Gasteiger partial charge in [-0.1, -0.05) is 13.0 Å². The number of aromatic nitrogens is 1. The third-order valence-electron chi connectivity index (χ3n) is 3.60. The topological polar surface area (TPSA) is 28.2 Å². The minimum atomic E-state index is 0.426. The van der Waals surface area contributed by atoms with E-state index in [1.807, 2.05) is 24.4 Å². The van der Waals surface area contributed by atoms with Crippen molar-refractivity contribution in [3.05, 3.63) is 34.7 Å². The Morgan fingerprint density at radius 1 is 1.47 bits per heavy atom. The van der Waals surface area contributed by atoms with E-state index in [-0.39, 0.29) is 0 Å². The summed E-state index contributed by atoms with van der Waals surface area (Å²) in [6, 6.07) is 6.02. The summed E-state index contributed by atoms with van der Waals surface area (Å²) in [5.41, 5.74) is 2.14. The molecule has 0 saturated carbocycles. The molecule has 1 aromatic rings. The molecule has 2 aliphatic heterocycles. The van der Waals surface area contributed by atoms with E-state index in [4.69, 9.17) is 0 Å². The van der Waals surface area contributed by atoms with E-state index in [2.05, 4.69) is 38.1 Å². The zero-order chi connectivity index (χ0) is 11.8. The molecule has 90 valence electrons. The number of nitrogens with zero attached hydrogens (tertiary/aromatic N) is 2. The fourth-order valence-electron chi connectivity index (χ4n) is 2.67. The molecule has 0 amide bonds. The van der Waals surface area contributed by atoms with Crippen LogP contribution in [0.15, 0.2) is 29.0 Å². The molecule has 0 radical (unpaired) electrons. The quantitative estimate of drug-likeness (QED) is 0.807. The highest BCUT2D eigenvalue weighted by Gasteiger charge is 2.36. The lowest BCUT2D eigenvalue weighted by atomic mass is 9.97. The third kappa shape index (κ3) is 1.84. The molecule has 1 N–H and O–H groups in total. The highest BCUT2D eigenvalue weighted by atomic mass is 79.9. The average molecular weight is 294 g/mol. The third-order valence-corrected chi connectivity index (χ3v) is 4.46. The second-order valence-electron chi connectivity index (χ2n) is 4.78. The second kappa shape index (κ2) is 4.33. The predicted molar refractivity (Wildman–Crippen MR) is 72.1 cm³/mol. The van der Waals surface area contributed by atoms with Crippen molar-refractivity contribution in [2.75, 3.05) is 6.54 Å². The van der Waals surface area contributed by atoms with Gasteiger partial charge in [-0.15, -0.1) is 0 Å². The maximum Gasteiger partial charge on any atom is 0.108 e. The molecule has 3 rings (SSSR count). The molecule has 0 aromatic carbocycles. The smallest absolute Gasteiger partial charge is 0.108 e. The Morgan fingerprint density at radius 2 is 2.35 bits per heavy atom. The zero-order valence-electron chi connectivity index (χ0n) is 9.86. The standard InChI is InChI=1S/C13H16BrN3/c1-9-5-4-8-17-12(14)11(16-13(9)17)10-6-2-3-7-15-10/h2-3,6-7,9,13,16H,4-5,8H2,1H3/t9-,13?/m0/s1. The van der Waals surface area contributed by atoms with Crippen LogP contribution in [0.5, 0.6) is 0 Å². The number of halogens is 1. The van der Waals surface area contributed by atoms with Gasteiger partial charge in [-0.2, -0.15) is 0 Å². The molecular weight excluding hydrogens is 278 g/mol. The monoisotopic (exact) mass is 293 g/mol. The van der Waals surface area contributed by atoms with Crippen LogP contribution >= 0.6 is 15.9 Å². The summed E-state index contributed by atoms with van der Waals surface area (Å²) in [5.74, 6) is 0.678. The van der Waals surface area contributed by atoms with E-state index < -0.39 is 0 Å². The Morgan fingerprint density at radius 3 is 3.06 bits per heavy atom. The summed E-state index contributed by atoms with van der Waals surface area (Å²) < 4.78 is 1.16. The minimum Gasteiger partial charge on any atom is -0.361 e. The fourth-order valence-corrected chi connectivity index (χ4v) is 3.38. The van der Waals surface area contributed by atoms with Crippen molar-refractivity contribution >= 4 is 21.6 Å². The molecule has 0 bridgehead atoms. The largest absolute Gasteiger partial charge is 0.361 e. The van der Waals surface area contributed by atoms with Crippen molar-refractivity contribution < 1.29 is 0 Å². The van der Waals surface area contributed by atoms with Crippen LogP contribution in [0.4, 0.5) is 0 Å². The van der Waals surface area contributed by atoms with E-state index in [1.54, 1.807) is 0 Å². The summed E-state index contributed by atoms with van der Waals surface area (Å²) >= 11 is 3.71. The van der Waals surface area contributed by atoms with Gasteiger partial charge in [0.1, 0.15) is 10.8 Å². The molecule has 1 aromatic heterocycles. The van der Waals surface area contributed by atoms with E-state index in [0.717, 1.165) is 22.5 Å². The number of pyridine rings is 1. The maximum atomic E-state index is 4.42. The van der Waals surface area contributed by atoms with Crippen LogP contribution in [-0.2, 0) is 0 Å². The summed E-state index contributed by atoms with van der Waals surface area (Å²) in [5, 5.41) is 3.60. The van der Waals surface area contributed by atoms with Gasteiger partial charge in [0, 0.05) is 12.7 Å². The number of fused-ring (bicyclic) bond motifs is 1. The first-order chi connectivity index (χ1) is 8.27. The molecule has 2 aliphatic rings. The molecule has 1 unspecified atom stereocenters. The molecule has 2 atom stereocenters. The SMILES string of the molecule is C[C@H]1CCCN2C(Br)=C(c3ccccn3)NC12. The van der Waals surface area contributed by atoms with Crippen molar-refractivity contribution in [2.45, 2.75) is 25.9 Å². The molecule has 4 heteroatoms. The Hall–Kier alpha value is -1.03. The van der Waals surface area contributed by atoms with Crippen molar-refractivity contribution in [1.29, 1.82) is 0 Å². The van der Waals surface area contributed by atoms with E-state index in [1.165, 1.54) is 12.8 Å². The molecule has 3 nitrogen and oxygen atoms in total. The van der Waals surface area contributed by atoms with Gasteiger partial charge in [0.25, 0.3) is 0 Å². The van der Waals surface area contributed by atoms with Crippen LogP contribution in [0.1, 0.15) is 25.5 Å². The van der Waals surface area contributed by atoms with Crippen LogP contribution in [0, 0.1) is 5.92 Å². The van der Waals surface area contributed by atoms with Crippen molar-refractivity contribution in [1.82, 2.24) is 15.2 Å². The summed E-state index contributed by atoms with van der Waals surface area (Å²) in [6.45, 7) is 3.43. The van der Waals surface area contributed by atoms with Gasteiger partial charge < -0.3 is 10.2 Å². The predicted octanol–water partition coefficient (Wildman–Crippen LogP) is 2.76. The van der Waals surface area contributed by atoms with Crippen molar-refractivity contribution in [3.8, 4) is 0 Å². The van der Waals surface area contributed by atoms with Gasteiger partial charge >= 0.3 is 0 Å². The highest BCUT2D eigenvalue weighted by Crippen LogP contribution is 2.37. The Labute approximate surface area is 110 Å². The normalized spacial score (nSPS) is 28.0. The Kier molecular flexibility index (Phi) is 2.82. The van der Waals surface area contributed by atoms with Crippen LogP contribution in [0.2, 0.25) is 0 Å². The molecule has 1 fully saturated rings. The van der Waals surface area contributed by atoms with Crippen molar-refractivity contribution in [2.24, 2.45) is 5.92 Å². The number of piperidine rings is 1. The maximum absolute atomic E-state index is 4.42. The zero-order valence-corrected chi connectivity index (χ0v) is 11.4. The van der Waals surface area contributed by atoms with Crippen LogP contribution in [0.25, 0.3) is 5.70 Å². The average Bonchev–Trinajstić information content (AvgIpc) is 2.70. The van der Waals surface area contributed by atoms with Gasteiger partial charge in [0.2, 0.25) is 0 Å². The van der Waals surface area contributed by atoms with Crippen LogP contribution in [-0.4, -0.2) is 22.6 Å². The van der Waals surface area contributed by atoms with Gasteiger partial charge in [0.05, 0.1) is 11.4 Å². The number of hydrogen-bond acceptors (Lipinski definition) is 3. The number of hydrogen-bond donors (Lipinski definition) is 1. The van der Waals surface area contributed by atoms with E-state index in [0.29, 0.717) is 12.1 Å². The minimum absolute atomic E-state index is 0.426. The number of rotatable bonds is 1. The first kappa shape index (κ1) is 11.1. The second-order valence-corrected chi connectivity index (χ2v) is 5.53. The first-order valence-corrected chi connectivity index (χ1v) is 6.91. The lowest BCUT2D eigenvalue weighted by Gasteiger charge is -2.36. The van der Waals surface area contributed by atoms with E-state index in [9.17, 15) is 0 Å². The Bertz CT molecular complexity index is 443. The van der Waals surface area contributed by atoms with Crippen molar-refractivity contribution in [3.63, 3.8) is 0 Å². The van der Waals surface area contributed by atoms with Crippen LogP contribution < -0.4 is 5.32 Å². The molecule has 3 heterocycles. The van der Waals surface area contributed by atoms with Gasteiger partial charge in [-0.05, 0) is 46.8 Å². The Balaban J connectivity index is 1.94. The summed E-state index contributed by atoms with van der Waals surface area (Å²) in [4.78, 5) is 6.83. The molecule has 1 saturated heterocycles. The molecule has 0 aliphatic carbocycles. The molecule has 17 heavy (non-hydrogen) atoms. The number of nitrogens with one attached hydrogen (secondary N) is 1. The lowest BCUT2D eigenvalue weighted by Crippen LogP contribution is -2.45. The molecule has 0 spiro atoms. The molecular formula is C13H16BrN3. The van der Waals surface area contributed by atoms with Gasteiger partial charge in [0.15, 0.2) is 0 Å².